The molecule has 90 valence electrons. The number of aromatic amines is 1. The van der Waals surface area contributed by atoms with Crippen LogP contribution >= 0.6 is 12.2 Å². The second-order valence-corrected chi connectivity index (χ2v) is 5.57. The predicted molar refractivity (Wildman–Crippen MR) is 72.5 cm³/mol. The third kappa shape index (κ3) is 2.31. The number of rotatable bonds is 1. The molecule has 1 aromatic heterocycles. The van der Waals surface area contributed by atoms with Crippen molar-refractivity contribution in [3.63, 3.8) is 0 Å². The molecule has 0 bridgehead atoms. The number of hydrogen-bond donors (Lipinski definition) is 1. The van der Waals surface area contributed by atoms with E-state index in [1.54, 1.807) is 4.68 Å². The SMILES string of the molecule is Cn1[nH]c(-c2ccccc2C(C)(C)C)nc1=S. The lowest BCUT2D eigenvalue weighted by molar-refractivity contribution is 0.591. The molecule has 0 aliphatic heterocycles. The van der Waals surface area contributed by atoms with Gasteiger partial charge in [0.15, 0.2) is 5.82 Å². The molecule has 0 unspecified atom stereocenters. The number of hydrogen-bond acceptors (Lipinski definition) is 2. The van der Waals surface area contributed by atoms with Crippen molar-refractivity contribution < 1.29 is 0 Å². The van der Waals surface area contributed by atoms with Crippen molar-refractivity contribution in [1.29, 1.82) is 0 Å². The molecular weight excluding hydrogens is 230 g/mol. The fraction of sp³-hybridized carbons (Fsp3) is 0.385. The fourth-order valence-corrected chi connectivity index (χ4v) is 2.00. The Balaban J connectivity index is 2.64. The third-order valence-corrected chi connectivity index (χ3v) is 3.12. The van der Waals surface area contributed by atoms with Gasteiger partial charge in [0.2, 0.25) is 4.77 Å². The van der Waals surface area contributed by atoms with Crippen LogP contribution in [0.25, 0.3) is 11.4 Å². The van der Waals surface area contributed by atoms with Gasteiger partial charge in [0.05, 0.1) is 0 Å². The molecule has 4 heteroatoms. The van der Waals surface area contributed by atoms with Gasteiger partial charge in [-0.15, -0.1) is 0 Å². The minimum absolute atomic E-state index is 0.0869. The highest BCUT2D eigenvalue weighted by atomic mass is 32.1. The summed E-state index contributed by atoms with van der Waals surface area (Å²) in [4.78, 5) is 4.38. The standard InChI is InChI=1S/C13H17N3S/c1-13(2,3)10-8-6-5-7-9(10)11-14-12(17)16(4)15-11/h5-8H,1-4H3,(H,14,15,17). The summed E-state index contributed by atoms with van der Waals surface area (Å²) < 4.78 is 2.33. The van der Waals surface area contributed by atoms with Crippen LogP contribution in [-0.4, -0.2) is 14.8 Å². The number of nitrogens with zero attached hydrogens (tertiary/aromatic N) is 2. The first kappa shape index (κ1) is 12.0. The van der Waals surface area contributed by atoms with Gasteiger partial charge in [-0.25, -0.2) is 0 Å². The second kappa shape index (κ2) is 4.11. The lowest BCUT2D eigenvalue weighted by Crippen LogP contribution is -2.12. The van der Waals surface area contributed by atoms with Crippen LogP contribution in [0.2, 0.25) is 0 Å². The van der Waals surface area contributed by atoms with E-state index >= 15 is 0 Å². The number of benzene rings is 1. The van der Waals surface area contributed by atoms with Gasteiger partial charge >= 0.3 is 0 Å². The lowest BCUT2D eigenvalue weighted by atomic mass is 9.83. The summed E-state index contributed by atoms with van der Waals surface area (Å²) in [6.07, 6.45) is 0. The Bertz CT molecular complexity index is 587. The molecule has 2 aromatic rings. The summed E-state index contributed by atoms with van der Waals surface area (Å²) in [6, 6.07) is 8.30. The summed E-state index contributed by atoms with van der Waals surface area (Å²) in [5.74, 6) is 0.836. The monoisotopic (exact) mass is 247 g/mol. The minimum atomic E-state index is 0.0869. The first-order valence-electron chi connectivity index (χ1n) is 5.62. The maximum Gasteiger partial charge on any atom is 0.216 e. The van der Waals surface area contributed by atoms with Gasteiger partial charge in [0.1, 0.15) is 0 Å². The van der Waals surface area contributed by atoms with Crippen LogP contribution < -0.4 is 0 Å². The van der Waals surface area contributed by atoms with Crippen LogP contribution in [0.4, 0.5) is 0 Å². The Morgan fingerprint density at radius 3 is 2.41 bits per heavy atom. The topological polar surface area (TPSA) is 33.6 Å². The Hall–Kier alpha value is -1.42. The van der Waals surface area contributed by atoms with Gasteiger partial charge < -0.3 is 0 Å². The molecule has 1 N–H and O–H groups in total. The highest BCUT2D eigenvalue weighted by molar-refractivity contribution is 7.71. The van der Waals surface area contributed by atoms with Crippen LogP contribution in [0.1, 0.15) is 26.3 Å². The normalized spacial score (nSPS) is 11.8. The van der Waals surface area contributed by atoms with Crippen LogP contribution in [0.3, 0.4) is 0 Å². The molecule has 0 atom stereocenters. The van der Waals surface area contributed by atoms with Crippen LogP contribution in [0.15, 0.2) is 24.3 Å². The maximum absolute atomic E-state index is 5.13. The highest BCUT2D eigenvalue weighted by Gasteiger charge is 2.19. The predicted octanol–water partition coefficient (Wildman–Crippen LogP) is 3.44. The summed E-state index contributed by atoms with van der Waals surface area (Å²) in [7, 11) is 1.87. The Morgan fingerprint density at radius 2 is 1.88 bits per heavy atom. The van der Waals surface area contributed by atoms with Gasteiger partial charge in [0.25, 0.3) is 0 Å². The summed E-state index contributed by atoms with van der Waals surface area (Å²) >= 11 is 5.13. The zero-order valence-corrected chi connectivity index (χ0v) is 11.4. The molecule has 0 amide bonds. The van der Waals surface area contributed by atoms with Crippen LogP contribution in [0.5, 0.6) is 0 Å². The lowest BCUT2D eigenvalue weighted by Gasteiger charge is -2.21. The highest BCUT2D eigenvalue weighted by Crippen LogP contribution is 2.30. The quantitative estimate of drug-likeness (QED) is 0.783. The van der Waals surface area contributed by atoms with Gasteiger partial charge in [0, 0.05) is 12.6 Å². The summed E-state index contributed by atoms with van der Waals surface area (Å²) in [5, 5.41) is 3.17. The van der Waals surface area contributed by atoms with E-state index in [2.05, 4.69) is 49.1 Å². The van der Waals surface area contributed by atoms with Crippen molar-refractivity contribution in [2.45, 2.75) is 26.2 Å². The van der Waals surface area contributed by atoms with Crippen molar-refractivity contribution in [3.8, 4) is 11.4 Å². The third-order valence-electron chi connectivity index (χ3n) is 2.76. The Labute approximate surface area is 106 Å². The van der Waals surface area contributed by atoms with Gasteiger partial charge in [-0.2, -0.15) is 4.98 Å². The number of aromatic nitrogens is 3. The number of H-pyrrole nitrogens is 1. The zero-order chi connectivity index (χ0) is 12.6. The number of nitrogens with one attached hydrogen (secondary N) is 1. The first-order valence-corrected chi connectivity index (χ1v) is 6.03. The molecule has 1 aromatic carbocycles. The van der Waals surface area contributed by atoms with E-state index in [1.165, 1.54) is 5.56 Å². The maximum atomic E-state index is 5.13. The largest absolute Gasteiger partial charge is 0.279 e. The average molecular weight is 247 g/mol. The molecule has 0 saturated heterocycles. The second-order valence-electron chi connectivity index (χ2n) is 5.21. The molecule has 0 fully saturated rings. The van der Waals surface area contributed by atoms with Gasteiger partial charge in [-0.05, 0) is 23.2 Å². The zero-order valence-electron chi connectivity index (χ0n) is 10.6. The molecule has 0 spiro atoms. The van der Waals surface area contributed by atoms with Crippen LogP contribution in [-0.2, 0) is 12.5 Å². The van der Waals surface area contributed by atoms with E-state index in [-0.39, 0.29) is 5.41 Å². The smallest absolute Gasteiger partial charge is 0.216 e. The molecular formula is C13H17N3S. The van der Waals surface area contributed by atoms with E-state index in [9.17, 15) is 0 Å². The Morgan fingerprint density at radius 1 is 1.24 bits per heavy atom. The minimum Gasteiger partial charge on any atom is -0.279 e. The van der Waals surface area contributed by atoms with E-state index in [0.717, 1.165) is 11.4 Å². The molecule has 0 aliphatic rings. The van der Waals surface area contributed by atoms with Crippen molar-refractivity contribution in [2.24, 2.45) is 7.05 Å². The van der Waals surface area contributed by atoms with Gasteiger partial charge in [-0.3, -0.25) is 9.78 Å². The van der Waals surface area contributed by atoms with Crippen molar-refractivity contribution in [1.82, 2.24) is 14.8 Å². The van der Waals surface area contributed by atoms with E-state index in [0.29, 0.717) is 4.77 Å². The molecule has 2 rings (SSSR count). The molecule has 1 heterocycles. The molecule has 0 radical (unpaired) electrons. The molecule has 17 heavy (non-hydrogen) atoms. The number of aryl methyl sites for hydroxylation is 1. The van der Waals surface area contributed by atoms with Crippen LogP contribution in [0, 0.1) is 4.77 Å². The summed E-state index contributed by atoms with van der Waals surface area (Å²) in [5.41, 5.74) is 2.47. The fourth-order valence-electron chi connectivity index (χ4n) is 1.87. The van der Waals surface area contributed by atoms with E-state index < -0.39 is 0 Å². The Kier molecular flexibility index (Phi) is 2.91. The molecule has 0 aliphatic carbocycles. The van der Waals surface area contributed by atoms with Crippen molar-refractivity contribution in [2.75, 3.05) is 0 Å². The van der Waals surface area contributed by atoms with E-state index in [1.807, 2.05) is 13.1 Å². The first-order chi connectivity index (χ1) is 7.89. The molecule has 0 saturated carbocycles. The average Bonchev–Trinajstić information content (AvgIpc) is 2.58. The van der Waals surface area contributed by atoms with Crippen molar-refractivity contribution in [3.05, 3.63) is 34.6 Å². The van der Waals surface area contributed by atoms with Gasteiger partial charge in [-0.1, -0.05) is 45.0 Å². The molecule has 3 nitrogen and oxygen atoms in total. The van der Waals surface area contributed by atoms with E-state index in [4.69, 9.17) is 12.2 Å². The summed E-state index contributed by atoms with van der Waals surface area (Å²) in [6.45, 7) is 6.59. The van der Waals surface area contributed by atoms with Crippen molar-refractivity contribution >= 4 is 12.2 Å².